The van der Waals surface area contributed by atoms with Gasteiger partial charge in [0.1, 0.15) is 11.4 Å². The summed E-state index contributed by atoms with van der Waals surface area (Å²) in [5, 5.41) is 10.8. The smallest absolute Gasteiger partial charge is 0.160 e. The molecule has 3 aromatic heterocycles. The number of fused-ring (bicyclic) bond motifs is 1. The lowest BCUT2D eigenvalue weighted by atomic mass is 10.1. The van der Waals surface area contributed by atoms with Gasteiger partial charge in [0.15, 0.2) is 5.65 Å². The van der Waals surface area contributed by atoms with E-state index in [9.17, 15) is 5.11 Å². The van der Waals surface area contributed by atoms with Gasteiger partial charge < -0.3 is 5.11 Å². The van der Waals surface area contributed by atoms with E-state index in [4.69, 9.17) is 0 Å². The number of hydrogen-bond donors (Lipinski definition) is 1. The Morgan fingerprint density at radius 1 is 1.00 bits per heavy atom. The second kappa shape index (κ2) is 3.83. The molecule has 0 unspecified atom stereocenters. The SMILES string of the molecule is Oc1cc2cccnc2nc1-c1ccncc1. The second-order valence-electron chi connectivity index (χ2n) is 3.64. The van der Waals surface area contributed by atoms with E-state index in [2.05, 4.69) is 15.0 Å². The third-order valence-electron chi connectivity index (χ3n) is 2.52. The van der Waals surface area contributed by atoms with Gasteiger partial charge in [0.2, 0.25) is 0 Å². The monoisotopic (exact) mass is 223 g/mol. The molecule has 4 nitrogen and oxygen atoms in total. The maximum Gasteiger partial charge on any atom is 0.160 e. The zero-order valence-corrected chi connectivity index (χ0v) is 8.91. The zero-order valence-electron chi connectivity index (χ0n) is 8.91. The normalized spacial score (nSPS) is 10.6. The molecule has 17 heavy (non-hydrogen) atoms. The van der Waals surface area contributed by atoms with E-state index >= 15 is 0 Å². The molecule has 0 bridgehead atoms. The van der Waals surface area contributed by atoms with Crippen molar-refractivity contribution in [1.29, 1.82) is 0 Å². The van der Waals surface area contributed by atoms with Crippen molar-refractivity contribution in [3.8, 4) is 17.0 Å². The molecule has 0 spiro atoms. The summed E-state index contributed by atoms with van der Waals surface area (Å²) in [6.45, 7) is 0. The van der Waals surface area contributed by atoms with E-state index < -0.39 is 0 Å². The molecule has 0 fully saturated rings. The van der Waals surface area contributed by atoms with Gasteiger partial charge >= 0.3 is 0 Å². The number of aromatic nitrogens is 3. The van der Waals surface area contributed by atoms with Crippen LogP contribution in [0.4, 0.5) is 0 Å². The lowest BCUT2D eigenvalue weighted by Crippen LogP contribution is -1.89. The predicted octanol–water partition coefficient (Wildman–Crippen LogP) is 2.40. The average Bonchev–Trinajstić information content (AvgIpc) is 2.39. The van der Waals surface area contributed by atoms with Crippen LogP contribution in [-0.2, 0) is 0 Å². The molecule has 0 aromatic carbocycles. The summed E-state index contributed by atoms with van der Waals surface area (Å²) in [5.41, 5.74) is 1.97. The van der Waals surface area contributed by atoms with Gasteiger partial charge in [-0.25, -0.2) is 9.97 Å². The summed E-state index contributed by atoms with van der Waals surface area (Å²) in [4.78, 5) is 12.5. The first-order valence-corrected chi connectivity index (χ1v) is 5.20. The number of nitrogens with zero attached hydrogens (tertiary/aromatic N) is 3. The van der Waals surface area contributed by atoms with E-state index in [1.54, 1.807) is 36.8 Å². The topological polar surface area (TPSA) is 58.9 Å². The lowest BCUT2D eigenvalue weighted by molar-refractivity contribution is 0.476. The molecular weight excluding hydrogens is 214 g/mol. The van der Waals surface area contributed by atoms with Crippen molar-refractivity contribution < 1.29 is 5.11 Å². The van der Waals surface area contributed by atoms with Crippen LogP contribution >= 0.6 is 0 Å². The highest BCUT2D eigenvalue weighted by Gasteiger charge is 2.08. The third kappa shape index (κ3) is 1.69. The highest BCUT2D eigenvalue weighted by atomic mass is 16.3. The van der Waals surface area contributed by atoms with Crippen molar-refractivity contribution in [3.05, 3.63) is 48.9 Å². The van der Waals surface area contributed by atoms with Crippen LogP contribution in [0.1, 0.15) is 0 Å². The van der Waals surface area contributed by atoms with E-state index in [1.807, 2.05) is 12.1 Å². The largest absolute Gasteiger partial charge is 0.506 e. The van der Waals surface area contributed by atoms with Crippen LogP contribution in [-0.4, -0.2) is 20.1 Å². The van der Waals surface area contributed by atoms with Crippen molar-refractivity contribution in [2.24, 2.45) is 0 Å². The number of rotatable bonds is 1. The molecule has 4 heteroatoms. The summed E-state index contributed by atoms with van der Waals surface area (Å²) < 4.78 is 0. The Kier molecular flexibility index (Phi) is 2.19. The van der Waals surface area contributed by atoms with E-state index in [0.29, 0.717) is 11.3 Å². The van der Waals surface area contributed by atoms with Gasteiger partial charge in [-0.05, 0) is 30.3 Å². The van der Waals surface area contributed by atoms with Gasteiger partial charge in [0, 0.05) is 29.5 Å². The molecule has 0 saturated carbocycles. The van der Waals surface area contributed by atoms with Crippen molar-refractivity contribution in [2.45, 2.75) is 0 Å². The molecule has 0 aliphatic heterocycles. The van der Waals surface area contributed by atoms with E-state index in [1.165, 1.54) is 0 Å². The van der Waals surface area contributed by atoms with Crippen molar-refractivity contribution in [2.75, 3.05) is 0 Å². The maximum absolute atomic E-state index is 9.95. The standard InChI is InChI=1S/C13H9N3O/c17-11-8-10-2-1-5-15-13(10)16-12(11)9-3-6-14-7-4-9/h1-8,17H. The molecule has 3 heterocycles. The Bertz CT molecular complexity index is 668. The first-order chi connectivity index (χ1) is 8.34. The first kappa shape index (κ1) is 9.72. The minimum Gasteiger partial charge on any atom is -0.506 e. The van der Waals surface area contributed by atoms with Gasteiger partial charge in [-0.15, -0.1) is 0 Å². The van der Waals surface area contributed by atoms with Gasteiger partial charge in [0.25, 0.3) is 0 Å². The molecule has 1 N–H and O–H groups in total. The fraction of sp³-hybridized carbons (Fsp3) is 0. The van der Waals surface area contributed by atoms with Crippen LogP contribution in [0.3, 0.4) is 0 Å². The molecule has 0 amide bonds. The van der Waals surface area contributed by atoms with Crippen LogP contribution in [0, 0.1) is 0 Å². The fourth-order valence-corrected chi connectivity index (χ4v) is 1.72. The van der Waals surface area contributed by atoms with Crippen molar-refractivity contribution in [1.82, 2.24) is 15.0 Å². The predicted molar refractivity (Wildman–Crippen MR) is 64.4 cm³/mol. The molecular formula is C13H9N3O. The molecule has 82 valence electrons. The molecule has 0 saturated heterocycles. The van der Waals surface area contributed by atoms with Crippen molar-refractivity contribution >= 4 is 11.0 Å². The number of pyridine rings is 3. The highest BCUT2D eigenvalue weighted by Crippen LogP contribution is 2.28. The second-order valence-corrected chi connectivity index (χ2v) is 3.64. The Labute approximate surface area is 97.6 Å². The number of hydrogen-bond acceptors (Lipinski definition) is 4. The Balaban J connectivity index is 2.27. The van der Waals surface area contributed by atoms with Crippen molar-refractivity contribution in [3.63, 3.8) is 0 Å². The zero-order chi connectivity index (χ0) is 11.7. The van der Waals surface area contributed by atoms with Crippen LogP contribution in [0.15, 0.2) is 48.9 Å². The van der Waals surface area contributed by atoms with Gasteiger partial charge in [-0.3, -0.25) is 4.98 Å². The maximum atomic E-state index is 9.95. The molecule has 3 aromatic rings. The highest BCUT2D eigenvalue weighted by molar-refractivity contribution is 5.81. The first-order valence-electron chi connectivity index (χ1n) is 5.20. The Morgan fingerprint density at radius 2 is 1.82 bits per heavy atom. The van der Waals surface area contributed by atoms with Crippen LogP contribution < -0.4 is 0 Å². The Hall–Kier alpha value is -2.49. The molecule has 0 aliphatic rings. The minimum absolute atomic E-state index is 0.150. The molecule has 0 atom stereocenters. The minimum atomic E-state index is 0.150. The Morgan fingerprint density at radius 3 is 2.65 bits per heavy atom. The summed E-state index contributed by atoms with van der Waals surface area (Å²) in [6.07, 6.45) is 5.01. The van der Waals surface area contributed by atoms with Gasteiger partial charge in [-0.1, -0.05) is 0 Å². The van der Waals surface area contributed by atoms with Gasteiger partial charge in [-0.2, -0.15) is 0 Å². The van der Waals surface area contributed by atoms with E-state index in [-0.39, 0.29) is 5.75 Å². The number of aromatic hydroxyl groups is 1. The molecule has 3 rings (SSSR count). The van der Waals surface area contributed by atoms with Crippen LogP contribution in [0.25, 0.3) is 22.3 Å². The average molecular weight is 223 g/mol. The lowest BCUT2D eigenvalue weighted by Gasteiger charge is -2.05. The quantitative estimate of drug-likeness (QED) is 0.688. The van der Waals surface area contributed by atoms with E-state index in [0.717, 1.165) is 10.9 Å². The molecule has 0 aliphatic carbocycles. The summed E-state index contributed by atoms with van der Waals surface area (Å²) in [5.74, 6) is 0.150. The third-order valence-corrected chi connectivity index (χ3v) is 2.52. The fourth-order valence-electron chi connectivity index (χ4n) is 1.72. The summed E-state index contributed by atoms with van der Waals surface area (Å²) in [6, 6.07) is 8.96. The molecule has 0 radical (unpaired) electrons. The summed E-state index contributed by atoms with van der Waals surface area (Å²) >= 11 is 0. The van der Waals surface area contributed by atoms with Gasteiger partial charge in [0.05, 0.1) is 0 Å². The summed E-state index contributed by atoms with van der Waals surface area (Å²) in [7, 11) is 0. The van der Waals surface area contributed by atoms with Crippen LogP contribution in [0.2, 0.25) is 0 Å². The van der Waals surface area contributed by atoms with Crippen LogP contribution in [0.5, 0.6) is 5.75 Å².